The summed E-state index contributed by atoms with van der Waals surface area (Å²) in [6.07, 6.45) is 1.93. The molecular weight excluding hydrogens is 278 g/mol. The zero-order chi connectivity index (χ0) is 15.7. The molecule has 2 N–H and O–H groups in total. The van der Waals surface area contributed by atoms with Gasteiger partial charge in [0.05, 0.1) is 18.3 Å². The lowest BCUT2D eigenvalue weighted by Crippen LogP contribution is -2.56. The number of carbonyl (C=O) groups is 1. The fourth-order valence-electron chi connectivity index (χ4n) is 2.49. The van der Waals surface area contributed by atoms with E-state index in [-0.39, 0.29) is 17.9 Å². The van der Waals surface area contributed by atoms with Crippen LogP contribution in [-0.4, -0.2) is 44.9 Å². The summed E-state index contributed by atoms with van der Waals surface area (Å²) in [5.41, 5.74) is 7.80. The first-order valence-corrected chi connectivity index (χ1v) is 7.58. The molecule has 3 rings (SSSR count). The molecule has 1 amide bonds. The maximum atomic E-state index is 12.1. The Morgan fingerprint density at radius 1 is 1.27 bits per heavy atom. The standard InChI is InChI=1S/C16H21N5O/c1-11(2)15(17)16(22)20-8-13(9-20)21-10-14(18-19-21)12-6-4-3-5-7-12/h3-7,10-11,13,15H,8-9,17H2,1-2H3. The Kier molecular flexibility index (Phi) is 3.94. The summed E-state index contributed by atoms with van der Waals surface area (Å²) in [6, 6.07) is 9.71. The van der Waals surface area contributed by atoms with Crippen molar-refractivity contribution in [3.8, 4) is 11.3 Å². The van der Waals surface area contributed by atoms with Crippen LogP contribution in [0, 0.1) is 5.92 Å². The van der Waals surface area contributed by atoms with Crippen molar-refractivity contribution in [1.82, 2.24) is 19.9 Å². The first-order valence-electron chi connectivity index (χ1n) is 7.58. The van der Waals surface area contributed by atoms with Crippen LogP contribution in [0.25, 0.3) is 11.3 Å². The van der Waals surface area contributed by atoms with E-state index in [9.17, 15) is 4.79 Å². The molecule has 2 heterocycles. The van der Waals surface area contributed by atoms with Crippen molar-refractivity contribution in [3.63, 3.8) is 0 Å². The van der Waals surface area contributed by atoms with Crippen LogP contribution >= 0.6 is 0 Å². The molecule has 6 heteroatoms. The zero-order valence-corrected chi connectivity index (χ0v) is 12.9. The van der Waals surface area contributed by atoms with E-state index in [1.807, 2.05) is 55.1 Å². The average Bonchev–Trinajstić information content (AvgIpc) is 2.95. The van der Waals surface area contributed by atoms with E-state index in [4.69, 9.17) is 5.73 Å². The number of nitrogens with zero attached hydrogens (tertiary/aromatic N) is 4. The minimum Gasteiger partial charge on any atom is -0.337 e. The van der Waals surface area contributed by atoms with E-state index in [0.29, 0.717) is 13.1 Å². The van der Waals surface area contributed by atoms with Crippen molar-refractivity contribution in [2.75, 3.05) is 13.1 Å². The van der Waals surface area contributed by atoms with Crippen molar-refractivity contribution in [3.05, 3.63) is 36.5 Å². The molecule has 0 bridgehead atoms. The summed E-state index contributed by atoms with van der Waals surface area (Å²) < 4.78 is 1.84. The second kappa shape index (κ2) is 5.88. The van der Waals surface area contributed by atoms with Crippen LogP contribution in [-0.2, 0) is 4.79 Å². The van der Waals surface area contributed by atoms with Gasteiger partial charge in [0.25, 0.3) is 0 Å². The van der Waals surface area contributed by atoms with Crippen molar-refractivity contribution in [1.29, 1.82) is 0 Å². The lowest BCUT2D eigenvalue weighted by Gasteiger charge is -2.40. The third-order valence-corrected chi connectivity index (χ3v) is 4.13. The highest BCUT2D eigenvalue weighted by atomic mass is 16.2. The fraction of sp³-hybridized carbons (Fsp3) is 0.438. The smallest absolute Gasteiger partial charge is 0.239 e. The molecule has 1 aliphatic rings. The maximum Gasteiger partial charge on any atom is 0.239 e. The summed E-state index contributed by atoms with van der Waals surface area (Å²) in [6.45, 7) is 5.22. The van der Waals surface area contributed by atoms with Crippen LogP contribution in [0.4, 0.5) is 0 Å². The molecule has 1 fully saturated rings. The number of likely N-dealkylation sites (tertiary alicyclic amines) is 1. The monoisotopic (exact) mass is 299 g/mol. The lowest BCUT2D eigenvalue weighted by atomic mass is 10.0. The predicted molar refractivity (Wildman–Crippen MR) is 83.9 cm³/mol. The van der Waals surface area contributed by atoms with E-state index in [0.717, 1.165) is 11.3 Å². The van der Waals surface area contributed by atoms with Gasteiger partial charge in [-0.25, -0.2) is 4.68 Å². The van der Waals surface area contributed by atoms with E-state index in [1.165, 1.54) is 0 Å². The number of rotatable bonds is 4. The van der Waals surface area contributed by atoms with E-state index >= 15 is 0 Å². The second-order valence-corrected chi connectivity index (χ2v) is 6.12. The van der Waals surface area contributed by atoms with E-state index < -0.39 is 6.04 Å². The molecule has 0 aliphatic carbocycles. The molecule has 0 saturated carbocycles. The van der Waals surface area contributed by atoms with E-state index in [1.54, 1.807) is 4.90 Å². The molecule has 6 nitrogen and oxygen atoms in total. The van der Waals surface area contributed by atoms with Gasteiger partial charge in [-0.05, 0) is 5.92 Å². The Bertz CT molecular complexity index is 646. The third-order valence-electron chi connectivity index (χ3n) is 4.13. The van der Waals surface area contributed by atoms with Crippen LogP contribution in [0.2, 0.25) is 0 Å². The molecule has 22 heavy (non-hydrogen) atoms. The number of hydrogen-bond donors (Lipinski definition) is 1. The summed E-state index contributed by atoms with van der Waals surface area (Å²) in [5.74, 6) is 0.178. The topological polar surface area (TPSA) is 77.0 Å². The van der Waals surface area contributed by atoms with Gasteiger partial charge >= 0.3 is 0 Å². The van der Waals surface area contributed by atoms with E-state index in [2.05, 4.69) is 10.3 Å². The summed E-state index contributed by atoms with van der Waals surface area (Å²) >= 11 is 0. The molecule has 1 saturated heterocycles. The van der Waals surface area contributed by atoms with Crippen molar-refractivity contribution in [2.24, 2.45) is 11.7 Å². The quantitative estimate of drug-likeness (QED) is 0.923. The second-order valence-electron chi connectivity index (χ2n) is 6.12. The molecular formula is C16H21N5O. The number of hydrogen-bond acceptors (Lipinski definition) is 4. The Morgan fingerprint density at radius 3 is 2.59 bits per heavy atom. The Morgan fingerprint density at radius 2 is 1.95 bits per heavy atom. The molecule has 1 aromatic heterocycles. The first-order chi connectivity index (χ1) is 10.6. The SMILES string of the molecule is CC(C)C(N)C(=O)N1CC(n2cc(-c3ccccc3)nn2)C1. The number of amides is 1. The molecule has 1 aromatic carbocycles. The van der Waals surface area contributed by atoms with Crippen LogP contribution in [0.15, 0.2) is 36.5 Å². The van der Waals surface area contributed by atoms with Gasteiger partial charge in [0.15, 0.2) is 0 Å². The van der Waals surface area contributed by atoms with Crippen LogP contribution in [0.5, 0.6) is 0 Å². The Labute approximate surface area is 129 Å². The zero-order valence-electron chi connectivity index (χ0n) is 12.9. The van der Waals surface area contributed by atoms with Gasteiger partial charge in [-0.15, -0.1) is 5.10 Å². The van der Waals surface area contributed by atoms with Gasteiger partial charge in [0.1, 0.15) is 5.69 Å². The largest absolute Gasteiger partial charge is 0.337 e. The summed E-state index contributed by atoms with van der Waals surface area (Å²) in [7, 11) is 0. The van der Waals surface area contributed by atoms with Crippen molar-refractivity contribution >= 4 is 5.91 Å². The average molecular weight is 299 g/mol. The van der Waals surface area contributed by atoms with Gasteiger partial charge in [0, 0.05) is 18.7 Å². The number of aromatic nitrogens is 3. The highest BCUT2D eigenvalue weighted by Gasteiger charge is 2.35. The highest BCUT2D eigenvalue weighted by Crippen LogP contribution is 2.24. The molecule has 0 radical (unpaired) electrons. The normalized spacial score (nSPS) is 16.6. The summed E-state index contributed by atoms with van der Waals surface area (Å²) in [5, 5.41) is 8.39. The minimum absolute atomic E-state index is 0.0228. The van der Waals surface area contributed by atoms with Crippen molar-refractivity contribution in [2.45, 2.75) is 25.9 Å². The van der Waals surface area contributed by atoms with Crippen molar-refractivity contribution < 1.29 is 4.79 Å². The maximum absolute atomic E-state index is 12.1. The highest BCUT2D eigenvalue weighted by molar-refractivity contribution is 5.82. The number of carbonyl (C=O) groups excluding carboxylic acids is 1. The number of nitrogens with two attached hydrogens (primary N) is 1. The van der Waals surface area contributed by atoms with Crippen LogP contribution in [0.1, 0.15) is 19.9 Å². The van der Waals surface area contributed by atoms with Gasteiger partial charge in [-0.3, -0.25) is 4.79 Å². The minimum atomic E-state index is -0.420. The molecule has 116 valence electrons. The molecule has 1 unspecified atom stereocenters. The molecule has 2 aromatic rings. The first kappa shape index (κ1) is 14.7. The fourth-order valence-corrected chi connectivity index (χ4v) is 2.49. The van der Waals surface area contributed by atoms with Gasteiger partial charge in [-0.1, -0.05) is 49.4 Å². The number of benzene rings is 1. The molecule has 0 spiro atoms. The third kappa shape index (κ3) is 2.74. The van der Waals surface area contributed by atoms with Gasteiger partial charge in [-0.2, -0.15) is 0 Å². The Balaban J connectivity index is 1.62. The lowest BCUT2D eigenvalue weighted by molar-refractivity contribution is -0.139. The van der Waals surface area contributed by atoms with Crippen LogP contribution in [0.3, 0.4) is 0 Å². The predicted octanol–water partition coefficient (Wildman–Crippen LogP) is 1.31. The van der Waals surface area contributed by atoms with Gasteiger partial charge in [0.2, 0.25) is 5.91 Å². The summed E-state index contributed by atoms with van der Waals surface area (Å²) in [4.78, 5) is 13.9. The van der Waals surface area contributed by atoms with Crippen LogP contribution < -0.4 is 5.73 Å². The Hall–Kier alpha value is -2.21. The molecule has 1 aliphatic heterocycles. The molecule has 1 atom stereocenters. The van der Waals surface area contributed by atoms with Gasteiger partial charge < -0.3 is 10.6 Å².